The van der Waals surface area contributed by atoms with Crippen LogP contribution >= 0.6 is 11.6 Å². The van der Waals surface area contributed by atoms with Gasteiger partial charge in [0.05, 0.1) is 17.1 Å². The minimum atomic E-state index is -4.00. The summed E-state index contributed by atoms with van der Waals surface area (Å²) in [5, 5.41) is 7.08. The second-order valence-corrected chi connectivity index (χ2v) is 7.34. The highest BCUT2D eigenvalue weighted by Crippen LogP contribution is 2.30. The fraction of sp³-hybridized carbons (Fsp3) is 0.286. The molecule has 0 saturated heterocycles. The summed E-state index contributed by atoms with van der Waals surface area (Å²) in [5.74, 6) is -0.646. The molecule has 0 aliphatic heterocycles. The molecular formula is C14H14ClN5O5S. The highest BCUT2D eigenvalue weighted by Gasteiger charge is 2.25. The average Bonchev–Trinajstić information content (AvgIpc) is 3.09. The van der Waals surface area contributed by atoms with Gasteiger partial charge in [0, 0.05) is 13.2 Å². The van der Waals surface area contributed by atoms with Crippen molar-refractivity contribution in [2.75, 3.05) is 11.3 Å². The van der Waals surface area contributed by atoms with Gasteiger partial charge in [0.25, 0.3) is 10.0 Å². The SMILES string of the molecule is CCOC(=O)c1c(Cl)c2ncc(S(=O)(=O)Nc3nonc3C)cc2n1C. The number of sulfonamides is 1. The maximum atomic E-state index is 12.5. The molecule has 138 valence electrons. The van der Waals surface area contributed by atoms with Crippen LogP contribution in [0, 0.1) is 6.92 Å². The number of halogens is 1. The second-order valence-electron chi connectivity index (χ2n) is 5.28. The van der Waals surface area contributed by atoms with Gasteiger partial charge in [0.15, 0.2) is 0 Å². The van der Waals surface area contributed by atoms with Crippen molar-refractivity contribution in [3.63, 3.8) is 0 Å². The minimum Gasteiger partial charge on any atom is -0.461 e. The maximum Gasteiger partial charge on any atom is 0.356 e. The third-order valence-electron chi connectivity index (χ3n) is 3.62. The van der Waals surface area contributed by atoms with E-state index >= 15 is 0 Å². The number of nitrogens with one attached hydrogen (secondary N) is 1. The fourth-order valence-electron chi connectivity index (χ4n) is 2.32. The van der Waals surface area contributed by atoms with E-state index in [1.165, 1.54) is 10.6 Å². The summed E-state index contributed by atoms with van der Waals surface area (Å²) in [6.07, 6.45) is 1.13. The molecule has 0 amide bonds. The molecule has 0 fully saturated rings. The monoisotopic (exact) mass is 399 g/mol. The van der Waals surface area contributed by atoms with Gasteiger partial charge in [0.2, 0.25) is 5.82 Å². The van der Waals surface area contributed by atoms with Crippen LogP contribution in [0.3, 0.4) is 0 Å². The van der Waals surface area contributed by atoms with E-state index in [1.807, 2.05) is 0 Å². The van der Waals surface area contributed by atoms with E-state index < -0.39 is 16.0 Å². The number of aryl methyl sites for hydroxylation is 2. The van der Waals surface area contributed by atoms with Gasteiger partial charge in [-0.2, -0.15) is 0 Å². The summed E-state index contributed by atoms with van der Waals surface area (Å²) in [5.41, 5.74) is 1.02. The molecule has 26 heavy (non-hydrogen) atoms. The molecule has 0 saturated carbocycles. The number of esters is 1. The van der Waals surface area contributed by atoms with E-state index in [9.17, 15) is 13.2 Å². The van der Waals surface area contributed by atoms with Crippen molar-refractivity contribution >= 4 is 44.4 Å². The van der Waals surface area contributed by atoms with Crippen LogP contribution in [0.4, 0.5) is 5.82 Å². The van der Waals surface area contributed by atoms with Crippen LogP contribution in [0.15, 0.2) is 21.8 Å². The number of carbonyl (C=O) groups is 1. The van der Waals surface area contributed by atoms with Gasteiger partial charge in [-0.1, -0.05) is 16.8 Å². The summed E-state index contributed by atoms with van der Waals surface area (Å²) in [4.78, 5) is 16.0. The largest absolute Gasteiger partial charge is 0.461 e. The lowest BCUT2D eigenvalue weighted by Gasteiger charge is -2.06. The number of nitrogens with zero attached hydrogens (tertiary/aromatic N) is 4. The molecule has 0 aliphatic rings. The van der Waals surface area contributed by atoms with Gasteiger partial charge in [-0.15, -0.1) is 0 Å². The molecule has 0 unspecified atom stereocenters. The van der Waals surface area contributed by atoms with Gasteiger partial charge >= 0.3 is 5.97 Å². The Morgan fingerprint density at radius 1 is 1.42 bits per heavy atom. The first-order chi connectivity index (χ1) is 12.3. The Hall–Kier alpha value is -2.66. The third kappa shape index (κ3) is 2.99. The smallest absolute Gasteiger partial charge is 0.356 e. The lowest BCUT2D eigenvalue weighted by Crippen LogP contribution is -2.14. The van der Waals surface area contributed by atoms with Crippen LogP contribution < -0.4 is 4.72 Å². The molecule has 0 aromatic carbocycles. The van der Waals surface area contributed by atoms with Crippen LogP contribution in [-0.2, 0) is 21.8 Å². The number of rotatable bonds is 5. The first kappa shape index (κ1) is 18.1. The molecule has 0 aliphatic carbocycles. The van der Waals surface area contributed by atoms with E-state index in [0.717, 1.165) is 6.20 Å². The topological polar surface area (TPSA) is 129 Å². The van der Waals surface area contributed by atoms with E-state index in [-0.39, 0.29) is 39.2 Å². The van der Waals surface area contributed by atoms with Gasteiger partial charge in [-0.05, 0) is 25.1 Å². The Kier molecular flexibility index (Phi) is 4.59. The summed E-state index contributed by atoms with van der Waals surface area (Å²) in [6.45, 7) is 3.39. The Balaban J connectivity index is 2.08. The lowest BCUT2D eigenvalue weighted by atomic mass is 10.3. The quantitative estimate of drug-likeness (QED) is 0.644. The standard InChI is InChI=1S/C14H14ClN5O5S/c1-4-24-14(21)12-10(15)11-9(20(12)3)5-8(6-16-11)26(22,23)19-13-7(2)17-25-18-13/h5-6H,4H2,1-3H3,(H,18,19). The van der Waals surface area contributed by atoms with Crippen LogP contribution in [0.2, 0.25) is 5.02 Å². The van der Waals surface area contributed by atoms with Crippen molar-refractivity contribution in [1.29, 1.82) is 0 Å². The summed E-state index contributed by atoms with van der Waals surface area (Å²) >= 11 is 6.22. The van der Waals surface area contributed by atoms with Gasteiger partial charge in [0.1, 0.15) is 21.8 Å². The maximum absolute atomic E-state index is 12.5. The molecule has 1 N–H and O–H groups in total. The van der Waals surface area contributed by atoms with Crippen LogP contribution in [0.25, 0.3) is 11.0 Å². The van der Waals surface area contributed by atoms with Crippen LogP contribution in [0.5, 0.6) is 0 Å². The molecule has 3 aromatic heterocycles. The van der Waals surface area contributed by atoms with Gasteiger partial charge < -0.3 is 9.30 Å². The van der Waals surface area contributed by atoms with Crippen LogP contribution in [-0.4, -0.2) is 40.9 Å². The van der Waals surface area contributed by atoms with E-state index in [0.29, 0.717) is 5.52 Å². The second kappa shape index (κ2) is 6.57. The molecule has 3 heterocycles. The predicted octanol–water partition coefficient (Wildman–Crippen LogP) is 1.90. The van der Waals surface area contributed by atoms with Crippen molar-refractivity contribution in [3.05, 3.63) is 28.7 Å². The van der Waals surface area contributed by atoms with Gasteiger partial charge in [-0.25, -0.2) is 17.8 Å². The molecule has 3 aromatic rings. The molecule has 10 nitrogen and oxygen atoms in total. The van der Waals surface area contributed by atoms with E-state index in [1.54, 1.807) is 20.9 Å². The van der Waals surface area contributed by atoms with Gasteiger partial charge in [-0.3, -0.25) is 9.71 Å². The van der Waals surface area contributed by atoms with Crippen molar-refractivity contribution < 1.29 is 22.6 Å². The van der Waals surface area contributed by atoms with E-state index in [2.05, 4.69) is 24.6 Å². The van der Waals surface area contributed by atoms with Crippen molar-refractivity contribution in [3.8, 4) is 0 Å². The number of hydrogen-bond donors (Lipinski definition) is 1. The molecular weight excluding hydrogens is 386 g/mol. The number of fused-ring (bicyclic) bond motifs is 1. The highest BCUT2D eigenvalue weighted by atomic mass is 35.5. The van der Waals surface area contributed by atoms with Crippen LogP contribution in [0.1, 0.15) is 23.1 Å². The highest BCUT2D eigenvalue weighted by molar-refractivity contribution is 7.92. The normalized spacial score (nSPS) is 11.7. The Morgan fingerprint density at radius 3 is 2.77 bits per heavy atom. The molecule has 3 rings (SSSR count). The zero-order valence-electron chi connectivity index (χ0n) is 14.0. The molecule has 12 heteroatoms. The van der Waals surface area contributed by atoms with Crippen molar-refractivity contribution in [2.24, 2.45) is 7.05 Å². The Morgan fingerprint density at radius 2 is 2.15 bits per heavy atom. The summed E-state index contributed by atoms with van der Waals surface area (Å²) < 4.78 is 38.2. The number of ether oxygens (including phenoxy) is 1. The summed E-state index contributed by atoms with van der Waals surface area (Å²) in [6, 6.07) is 1.35. The number of hydrogen-bond acceptors (Lipinski definition) is 8. The molecule has 0 radical (unpaired) electrons. The number of anilines is 1. The average molecular weight is 400 g/mol. The first-order valence-corrected chi connectivity index (χ1v) is 9.25. The van der Waals surface area contributed by atoms with Crippen molar-refractivity contribution in [1.82, 2.24) is 19.9 Å². The zero-order chi connectivity index (χ0) is 19.1. The summed E-state index contributed by atoms with van der Waals surface area (Å²) in [7, 11) is -2.43. The first-order valence-electron chi connectivity index (χ1n) is 7.39. The third-order valence-corrected chi connectivity index (χ3v) is 5.28. The Bertz CT molecular complexity index is 1100. The Labute approximate surface area is 153 Å². The number of carbonyl (C=O) groups excluding carboxylic acids is 1. The molecule has 0 spiro atoms. The zero-order valence-corrected chi connectivity index (χ0v) is 15.6. The van der Waals surface area contributed by atoms with Crippen molar-refractivity contribution in [2.45, 2.75) is 18.7 Å². The molecule has 0 bridgehead atoms. The predicted molar refractivity (Wildman–Crippen MR) is 91.5 cm³/mol. The fourth-order valence-corrected chi connectivity index (χ4v) is 3.69. The number of aromatic nitrogens is 4. The van der Waals surface area contributed by atoms with E-state index in [4.69, 9.17) is 16.3 Å². The lowest BCUT2D eigenvalue weighted by molar-refractivity contribution is 0.0516. The molecule has 0 atom stereocenters. The minimum absolute atomic E-state index is 0.0257. The number of pyridine rings is 1.